The van der Waals surface area contributed by atoms with Crippen LogP contribution in [0.15, 0.2) is 91.4 Å². The molecule has 1 saturated heterocycles. The molecule has 7 heteroatoms. The molecule has 184 valence electrons. The highest BCUT2D eigenvalue weighted by molar-refractivity contribution is 7.80. The van der Waals surface area contributed by atoms with Gasteiger partial charge in [-0.2, -0.15) is 0 Å². The van der Waals surface area contributed by atoms with Crippen molar-refractivity contribution in [1.29, 1.82) is 0 Å². The van der Waals surface area contributed by atoms with Crippen LogP contribution in [-0.4, -0.2) is 21.8 Å². The summed E-state index contributed by atoms with van der Waals surface area (Å²) in [5.74, 6) is 2.29. The smallest absolute Gasteiger partial charge is 0.174 e. The SMILES string of the molecule is COc1ccc(Oc2ccc(N3C(=S)N[C@@H](c4ccccn4)[C@H]3c3ccn(C(C)(C)C)c3)cc2)cc1. The first-order chi connectivity index (χ1) is 17.3. The van der Waals surface area contributed by atoms with Gasteiger partial charge in [0.05, 0.1) is 24.9 Å². The predicted molar refractivity (Wildman–Crippen MR) is 147 cm³/mol. The molecule has 6 nitrogen and oxygen atoms in total. The zero-order valence-corrected chi connectivity index (χ0v) is 21.7. The molecule has 2 aromatic heterocycles. The maximum atomic E-state index is 6.03. The molecule has 0 aliphatic carbocycles. The van der Waals surface area contributed by atoms with E-state index in [0.717, 1.165) is 28.6 Å². The van der Waals surface area contributed by atoms with Crippen molar-refractivity contribution in [2.24, 2.45) is 0 Å². The van der Waals surface area contributed by atoms with Crippen LogP contribution in [0.5, 0.6) is 17.2 Å². The molecule has 4 aromatic rings. The van der Waals surface area contributed by atoms with Gasteiger partial charge in [-0.3, -0.25) is 4.98 Å². The molecule has 5 rings (SSSR count). The molecule has 1 aliphatic heterocycles. The number of methoxy groups -OCH3 is 1. The van der Waals surface area contributed by atoms with E-state index >= 15 is 0 Å². The Hall–Kier alpha value is -3.84. The molecule has 2 atom stereocenters. The van der Waals surface area contributed by atoms with Crippen LogP contribution >= 0.6 is 12.2 Å². The second-order valence-corrected chi connectivity index (χ2v) is 10.2. The van der Waals surface area contributed by atoms with Gasteiger partial charge in [0, 0.05) is 29.8 Å². The summed E-state index contributed by atoms with van der Waals surface area (Å²) in [4.78, 5) is 6.82. The number of hydrogen-bond donors (Lipinski definition) is 1. The van der Waals surface area contributed by atoms with Crippen LogP contribution in [0.25, 0.3) is 0 Å². The van der Waals surface area contributed by atoms with Crippen molar-refractivity contribution >= 4 is 23.0 Å². The van der Waals surface area contributed by atoms with Gasteiger partial charge in [-0.1, -0.05) is 6.07 Å². The number of rotatable bonds is 6. The zero-order chi connectivity index (χ0) is 25.3. The summed E-state index contributed by atoms with van der Waals surface area (Å²) in [5.41, 5.74) is 3.10. The molecular formula is C29H30N4O2S. The van der Waals surface area contributed by atoms with Crippen molar-refractivity contribution in [2.45, 2.75) is 38.4 Å². The second-order valence-electron chi connectivity index (χ2n) is 9.79. The Morgan fingerprint density at radius 3 is 2.14 bits per heavy atom. The van der Waals surface area contributed by atoms with Gasteiger partial charge >= 0.3 is 0 Å². The topological polar surface area (TPSA) is 51.6 Å². The molecule has 1 fully saturated rings. The van der Waals surface area contributed by atoms with Crippen LogP contribution in [0.1, 0.15) is 44.1 Å². The summed E-state index contributed by atoms with van der Waals surface area (Å²) in [6, 6.07) is 23.6. The Bertz CT molecular complexity index is 1330. The largest absolute Gasteiger partial charge is 0.497 e. The average Bonchev–Trinajstić information content (AvgIpc) is 3.50. The van der Waals surface area contributed by atoms with Crippen molar-refractivity contribution in [2.75, 3.05) is 12.0 Å². The summed E-state index contributed by atoms with van der Waals surface area (Å²) in [5, 5.41) is 4.19. The number of aromatic nitrogens is 2. The van der Waals surface area contributed by atoms with Gasteiger partial charge in [0.2, 0.25) is 0 Å². The normalized spacial score (nSPS) is 17.7. The van der Waals surface area contributed by atoms with Gasteiger partial charge in [0.1, 0.15) is 17.2 Å². The molecule has 0 bridgehead atoms. The summed E-state index contributed by atoms with van der Waals surface area (Å²) >= 11 is 5.86. The minimum atomic E-state index is -0.0789. The molecule has 3 heterocycles. The van der Waals surface area contributed by atoms with Crippen molar-refractivity contribution in [3.05, 3.63) is 103 Å². The maximum absolute atomic E-state index is 6.03. The summed E-state index contributed by atoms with van der Waals surface area (Å²) < 4.78 is 13.5. The van der Waals surface area contributed by atoms with E-state index in [1.54, 1.807) is 7.11 Å². The molecule has 1 aliphatic rings. The molecule has 0 spiro atoms. The lowest BCUT2D eigenvalue weighted by Gasteiger charge is -2.28. The number of nitrogens with one attached hydrogen (secondary N) is 1. The number of pyridine rings is 1. The van der Waals surface area contributed by atoms with Crippen LogP contribution in [0, 0.1) is 0 Å². The molecule has 0 amide bonds. The lowest BCUT2D eigenvalue weighted by atomic mass is 9.98. The summed E-state index contributed by atoms with van der Waals surface area (Å²) in [7, 11) is 1.65. The quantitative estimate of drug-likeness (QED) is 0.302. The van der Waals surface area contributed by atoms with E-state index in [9.17, 15) is 0 Å². The fourth-order valence-electron chi connectivity index (χ4n) is 4.43. The first kappa shape index (κ1) is 23.9. The van der Waals surface area contributed by atoms with E-state index < -0.39 is 0 Å². The first-order valence-electron chi connectivity index (χ1n) is 11.9. The van der Waals surface area contributed by atoms with Crippen molar-refractivity contribution in [1.82, 2.24) is 14.9 Å². The van der Waals surface area contributed by atoms with Gasteiger partial charge in [0.15, 0.2) is 5.11 Å². The molecule has 0 saturated carbocycles. The number of nitrogens with zero attached hydrogens (tertiary/aromatic N) is 3. The van der Waals surface area contributed by atoms with E-state index in [0.29, 0.717) is 5.11 Å². The van der Waals surface area contributed by atoms with Crippen LogP contribution in [-0.2, 0) is 5.54 Å². The van der Waals surface area contributed by atoms with E-state index in [2.05, 4.69) is 59.0 Å². The van der Waals surface area contributed by atoms with E-state index in [1.807, 2.05) is 72.9 Å². The van der Waals surface area contributed by atoms with Gasteiger partial charge in [0.25, 0.3) is 0 Å². The molecule has 2 aromatic carbocycles. The Morgan fingerprint density at radius 2 is 1.56 bits per heavy atom. The number of hydrogen-bond acceptors (Lipinski definition) is 4. The molecule has 0 unspecified atom stereocenters. The zero-order valence-electron chi connectivity index (χ0n) is 20.9. The highest BCUT2D eigenvalue weighted by atomic mass is 32.1. The van der Waals surface area contributed by atoms with Gasteiger partial charge < -0.3 is 24.3 Å². The first-order valence-corrected chi connectivity index (χ1v) is 12.4. The summed E-state index contributed by atoms with van der Waals surface area (Å²) in [6.07, 6.45) is 6.17. The van der Waals surface area contributed by atoms with Gasteiger partial charge in [-0.05, 0) is 105 Å². The minimum absolute atomic E-state index is 0.0173. The molecule has 1 N–H and O–H groups in total. The number of anilines is 1. The summed E-state index contributed by atoms with van der Waals surface area (Å²) in [6.45, 7) is 6.59. The lowest BCUT2D eigenvalue weighted by Crippen LogP contribution is -2.29. The number of thiocarbonyl (C=S) groups is 1. The van der Waals surface area contributed by atoms with Crippen molar-refractivity contribution in [3.63, 3.8) is 0 Å². The van der Waals surface area contributed by atoms with Crippen molar-refractivity contribution in [3.8, 4) is 17.2 Å². The molecule has 36 heavy (non-hydrogen) atoms. The minimum Gasteiger partial charge on any atom is -0.497 e. The predicted octanol–water partition coefficient (Wildman–Crippen LogP) is 6.62. The third kappa shape index (κ3) is 4.79. The molecule has 0 radical (unpaired) electrons. The Labute approximate surface area is 217 Å². The Morgan fingerprint density at radius 1 is 0.889 bits per heavy atom. The Kier molecular flexibility index (Phi) is 6.41. The highest BCUT2D eigenvalue weighted by Crippen LogP contribution is 2.42. The van der Waals surface area contributed by atoms with Crippen LogP contribution in [0.2, 0.25) is 0 Å². The number of ether oxygens (including phenoxy) is 2. The highest BCUT2D eigenvalue weighted by Gasteiger charge is 2.41. The number of benzene rings is 2. The fourth-order valence-corrected chi connectivity index (χ4v) is 4.78. The second kappa shape index (κ2) is 9.66. The monoisotopic (exact) mass is 498 g/mol. The fraction of sp³-hybridized carbons (Fsp3) is 0.241. The van der Waals surface area contributed by atoms with Gasteiger partial charge in [-0.25, -0.2) is 0 Å². The molecular weight excluding hydrogens is 468 g/mol. The van der Waals surface area contributed by atoms with E-state index in [-0.39, 0.29) is 17.6 Å². The van der Waals surface area contributed by atoms with Crippen LogP contribution in [0.3, 0.4) is 0 Å². The maximum Gasteiger partial charge on any atom is 0.174 e. The van der Waals surface area contributed by atoms with Crippen molar-refractivity contribution < 1.29 is 9.47 Å². The van der Waals surface area contributed by atoms with E-state index in [4.69, 9.17) is 21.7 Å². The van der Waals surface area contributed by atoms with Gasteiger partial charge in [-0.15, -0.1) is 0 Å². The third-order valence-corrected chi connectivity index (χ3v) is 6.65. The van der Waals surface area contributed by atoms with Crippen LogP contribution < -0.4 is 19.7 Å². The Balaban J connectivity index is 1.46. The lowest BCUT2D eigenvalue weighted by molar-refractivity contribution is 0.397. The van der Waals surface area contributed by atoms with Crippen LogP contribution in [0.4, 0.5) is 5.69 Å². The average molecular weight is 499 g/mol. The third-order valence-electron chi connectivity index (χ3n) is 6.34. The van der Waals surface area contributed by atoms with E-state index in [1.165, 1.54) is 5.56 Å². The standard InChI is InChI=1S/C29H30N4O2S/c1-29(2,3)32-18-16-20(19-32)27-26(25-7-5-6-17-30-25)31-28(36)33(27)21-8-10-23(11-9-21)35-24-14-12-22(34-4)13-15-24/h5-19,26-27H,1-4H3,(H,31,36)/t26-,27+/m0/s1.